The molecule has 0 radical (unpaired) electrons. The molecule has 0 amide bonds. The molecule has 1 aromatic carbocycles. The lowest BCUT2D eigenvalue weighted by molar-refractivity contribution is 0.740. The molecule has 3 rings (SSSR count). The van der Waals surface area contributed by atoms with Crippen molar-refractivity contribution in [2.75, 3.05) is 0 Å². The molecule has 0 unspecified atom stereocenters. The van der Waals surface area contributed by atoms with Crippen molar-refractivity contribution < 1.29 is 0 Å². The molecule has 1 saturated carbocycles. The number of aromatic amines is 1. The van der Waals surface area contributed by atoms with Crippen molar-refractivity contribution >= 4 is 0 Å². The summed E-state index contributed by atoms with van der Waals surface area (Å²) in [5.74, 6) is 0. The maximum absolute atomic E-state index is 6.16. The minimum absolute atomic E-state index is 0.0595. The zero-order valence-electron chi connectivity index (χ0n) is 8.40. The predicted octanol–water partition coefficient (Wildman–Crippen LogP) is 2.02. The Kier molecular flexibility index (Phi) is 1.70. The van der Waals surface area contributed by atoms with Gasteiger partial charge in [0, 0.05) is 5.54 Å². The van der Waals surface area contributed by atoms with E-state index in [1.807, 2.05) is 6.20 Å². The number of benzene rings is 1. The molecule has 3 heteroatoms. The normalized spacial score (nSPS) is 17.7. The molecule has 0 spiro atoms. The van der Waals surface area contributed by atoms with Crippen LogP contribution in [0.4, 0.5) is 0 Å². The van der Waals surface area contributed by atoms with E-state index in [-0.39, 0.29) is 5.54 Å². The van der Waals surface area contributed by atoms with E-state index in [0.717, 1.165) is 24.1 Å². The Morgan fingerprint density at radius 2 is 2.20 bits per heavy atom. The first-order chi connectivity index (χ1) is 7.28. The average Bonchev–Trinajstić information content (AvgIpc) is 2.84. The SMILES string of the molecule is NC1(c2cccc(-c3cnc[nH]3)c2)CC1. The average molecular weight is 199 g/mol. The fourth-order valence-corrected chi connectivity index (χ4v) is 1.83. The van der Waals surface area contributed by atoms with E-state index in [0.29, 0.717) is 0 Å². The summed E-state index contributed by atoms with van der Waals surface area (Å²) in [6.45, 7) is 0. The van der Waals surface area contributed by atoms with Gasteiger partial charge in [-0.3, -0.25) is 0 Å². The van der Waals surface area contributed by atoms with E-state index in [1.165, 1.54) is 5.56 Å². The van der Waals surface area contributed by atoms with Crippen LogP contribution in [-0.4, -0.2) is 9.97 Å². The molecule has 1 aliphatic carbocycles. The first-order valence-electron chi connectivity index (χ1n) is 5.16. The highest BCUT2D eigenvalue weighted by atomic mass is 14.9. The fourth-order valence-electron chi connectivity index (χ4n) is 1.83. The number of nitrogens with two attached hydrogens (primary N) is 1. The van der Waals surface area contributed by atoms with Crippen LogP contribution in [0.2, 0.25) is 0 Å². The minimum atomic E-state index is -0.0595. The zero-order chi connectivity index (χ0) is 10.3. The molecule has 76 valence electrons. The van der Waals surface area contributed by atoms with Gasteiger partial charge in [0.2, 0.25) is 0 Å². The molecule has 0 bridgehead atoms. The van der Waals surface area contributed by atoms with Crippen LogP contribution in [0, 0.1) is 0 Å². The molecule has 15 heavy (non-hydrogen) atoms. The summed E-state index contributed by atoms with van der Waals surface area (Å²) in [4.78, 5) is 7.12. The van der Waals surface area contributed by atoms with E-state index in [2.05, 4.69) is 34.2 Å². The Morgan fingerprint density at radius 1 is 1.33 bits per heavy atom. The number of nitrogens with zero attached hydrogens (tertiary/aromatic N) is 1. The molecular weight excluding hydrogens is 186 g/mol. The van der Waals surface area contributed by atoms with E-state index >= 15 is 0 Å². The van der Waals surface area contributed by atoms with E-state index in [4.69, 9.17) is 5.73 Å². The number of rotatable bonds is 2. The zero-order valence-corrected chi connectivity index (χ0v) is 8.40. The van der Waals surface area contributed by atoms with Gasteiger partial charge in [0.15, 0.2) is 0 Å². The molecule has 3 nitrogen and oxygen atoms in total. The molecule has 2 aromatic rings. The fraction of sp³-hybridized carbons (Fsp3) is 0.250. The first kappa shape index (κ1) is 8.68. The summed E-state index contributed by atoms with van der Waals surface area (Å²) in [5, 5.41) is 0. The van der Waals surface area contributed by atoms with E-state index < -0.39 is 0 Å². The van der Waals surface area contributed by atoms with Crippen molar-refractivity contribution in [3.63, 3.8) is 0 Å². The third-order valence-electron chi connectivity index (χ3n) is 3.04. The summed E-state index contributed by atoms with van der Waals surface area (Å²) in [6.07, 6.45) is 5.71. The Bertz CT molecular complexity index is 469. The second-order valence-corrected chi connectivity index (χ2v) is 4.20. The predicted molar refractivity (Wildman–Crippen MR) is 59.1 cm³/mol. The standard InChI is InChI=1S/C12H13N3/c13-12(4-5-12)10-3-1-2-9(6-10)11-7-14-8-15-11/h1-3,6-8H,4-5,13H2,(H,14,15). The minimum Gasteiger partial charge on any atom is -0.345 e. The molecule has 1 aromatic heterocycles. The molecule has 0 atom stereocenters. The van der Waals surface area contributed by atoms with Crippen molar-refractivity contribution in [2.24, 2.45) is 5.73 Å². The summed E-state index contributed by atoms with van der Waals surface area (Å²) in [5.41, 5.74) is 9.53. The molecule has 0 saturated heterocycles. The smallest absolute Gasteiger partial charge is 0.0924 e. The van der Waals surface area contributed by atoms with Crippen molar-refractivity contribution in [3.05, 3.63) is 42.4 Å². The van der Waals surface area contributed by atoms with Crippen LogP contribution in [0.1, 0.15) is 18.4 Å². The van der Waals surface area contributed by atoms with Gasteiger partial charge in [-0.2, -0.15) is 0 Å². The van der Waals surface area contributed by atoms with Gasteiger partial charge in [-0.05, 0) is 30.0 Å². The van der Waals surface area contributed by atoms with Crippen LogP contribution in [0.5, 0.6) is 0 Å². The van der Waals surface area contributed by atoms with Crippen LogP contribution in [0.25, 0.3) is 11.3 Å². The first-order valence-corrected chi connectivity index (χ1v) is 5.16. The van der Waals surface area contributed by atoms with Gasteiger partial charge in [-0.1, -0.05) is 18.2 Å². The van der Waals surface area contributed by atoms with Gasteiger partial charge in [-0.15, -0.1) is 0 Å². The second kappa shape index (κ2) is 2.94. The Morgan fingerprint density at radius 3 is 2.87 bits per heavy atom. The van der Waals surface area contributed by atoms with Gasteiger partial charge in [-0.25, -0.2) is 4.98 Å². The molecule has 1 fully saturated rings. The molecule has 1 heterocycles. The summed E-state index contributed by atoms with van der Waals surface area (Å²) in [7, 11) is 0. The highest BCUT2D eigenvalue weighted by Crippen LogP contribution is 2.43. The largest absolute Gasteiger partial charge is 0.345 e. The maximum Gasteiger partial charge on any atom is 0.0924 e. The summed E-state index contributed by atoms with van der Waals surface area (Å²) < 4.78 is 0. The van der Waals surface area contributed by atoms with Crippen molar-refractivity contribution in [1.29, 1.82) is 0 Å². The van der Waals surface area contributed by atoms with Crippen LogP contribution < -0.4 is 5.73 Å². The third-order valence-corrected chi connectivity index (χ3v) is 3.04. The van der Waals surface area contributed by atoms with E-state index in [9.17, 15) is 0 Å². The third kappa shape index (κ3) is 1.45. The lowest BCUT2D eigenvalue weighted by Gasteiger charge is -2.09. The number of aromatic nitrogens is 2. The summed E-state index contributed by atoms with van der Waals surface area (Å²) >= 11 is 0. The summed E-state index contributed by atoms with van der Waals surface area (Å²) in [6, 6.07) is 8.38. The van der Waals surface area contributed by atoms with Gasteiger partial charge in [0.1, 0.15) is 0 Å². The monoisotopic (exact) mass is 199 g/mol. The quantitative estimate of drug-likeness (QED) is 0.777. The lowest BCUT2D eigenvalue weighted by Crippen LogP contribution is -2.18. The number of H-pyrrole nitrogens is 1. The van der Waals surface area contributed by atoms with Crippen LogP contribution in [-0.2, 0) is 5.54 Å². The van der Waals surface area contributed by atoms with Crippen molar-refractivity contribution in [1.82, 2.24) is 9.97 Å². The van der Waals surface area contributed by atoms with Crippen molar-refractivity contribution in [2.45, 2.75) is 18.4 Å². The Balaban J connectivity index is 2.04. The lowest BCUT2D eigenvalue weighted by atomic mass is 10.0. The maximum atomic E-state index is 6.16. The highest BCUT2D eigenvalue weighted by Gasteiger charge is 2.39. The Hall–Kier alpha value is -1.61. The molecule has 0 aliphatic heterocycles. The highest BCUT2D eigenvalue weighted by molar-refractivity contribution is 5.60. The molecule has 3 N–H and O–H groups in total. The number of nitrogens with one attached hydrogen (secondary N) is 1. The molecular formula is C12H13N3. The van der Waals surface area contributed by atoms with Gasteiger partial charge in [0.05, 0.1) is 18.2 Å². The number of hydrogen-bond donors (Lipinski definition) is 2. The van der Waals surface area contributed by atoms with Crippen LogP contribution in [0.15, 0.2) is 36.8 Å². The van der Waals surface area contributed by atoms with Gasteiger partial charge in [0.25, 0.3) is 0 Å². The topological polar surface area (TPSA) is 54.7 Å². The van der Waals surface area contributed by atoms with Gasteiger partial charge >= 0.3 is 0 Å². The van der Waals surface area contributed by atoms with E-state index in [1.54, 1.807) is 6.33 Å². The van der Waals surface area contributed by atoms with Crippen molar-refractivity contribution in [3.8, 4) is 11.3 Å². The number of hydrogen-bond acceptors (Lipinski definition) is 2. The number of imidazole rings is 1. The Labute approximate surface area is 88.3 Å². The van der Waals surface area contributed by atoms with Crippen LogP contribution >= 0.6 is 0 Å². The molecule has 1 aliphatic rings. The van der Waals surface area contributed by atoms with Crippen LogP contribution in [0.3, 0.4) is 0 Å². The second-order valence-electron chi connectivity index (χ2n) is 4.20. The van der Waals surface area contributed by atoms with Gasteiger partial charge < -0.3 is 10.7 Å².